The number of ether oxygens (including phenoxy) is 11. The van der Waals surface area contributed by atoms with Gasteiger partial charge in [0.15, 0.2) is 0 Å². The van der Waals surface area contributed by atoms with Gasteiger partial charge in [-0.15, -0.1) is 0 Å². The highest BCUT2D eigenvalue weighted by molar-refractivity contribution is 14.1. The van der Waals surface area contributed by atoms with Crippen LogP contribution in [-0.2, 0) is 56.9 Å². The lowest BCUT2D eigenvalue weighted by Crippen LogP contribution is -2.15. The number of hydrogen-bond donors (Lipinski definition) is 0. The molecule has 0 saturated heterocycles. The molecule has 38 heavy (non-hydrogen) atoms. The van der Waals surface area contributed by atoms with Gasteiger partial charge in [-0.3, -0.25) is 0 Å². The van der Waals surface area contributed by atoms with E-state index in [2.05, 4.69) is 29.2 Å². The first-order valence-corrected chi connectivity index (χ1v) is 14.5. The molecule has 0 bridgehead atoms. The normalized spacial score (nSPS) is 11.2. The maximum absolute atomic E-state index is 10.8. The van der Waals surface area contributed by atoms with E-state index in [1.165, 1.54) is 0 Å². The molecule has 0 aliphatic rings. The number of rotatable bonds is 33. The van der Waals surface area contributed by atoms with Gasteiger partial charge in [-0.1, -0.05) is 29.2 Å². The van der Waals surface area contributed by atoms with Crippen LogP contribution in [0.2, 0.25) is 0 Å². The summed E-state index contributed by atoms with van der Waals surface area (Å²) in [7, 11) is 0. The molecule has 0 unspecified atom stereocenters. The first-order chi connectivity index (χ1) is 18.8. The average molecular weight is 667 g/mol. The lowest BCUT2D eigenvalue weighted by atomic mass is 10.6. The van der Waals surface area contributed by atoms with E-state index in [0.717, 1.165) is 17.1 Å². The molecule has 0 aromatic heterocycles. The molecule has 0 atom stereocenters. The second-order valence-electron chi connectivity index (χ2n) is 7.18. The Labute approximate surface area is 240 Å². The molecule has 0 spiro atoms. The Balaban J connectivity index is 3.04. The molecular weight excluding hydrogens is 619 g/mol. The summed E-state index contributed by atoms with van der Waals surface area (Å²) in [4.78, 5) is 10.8. The molecule has 13 heteroatoms. The molecule has 0 fully saturated rings. The van der Waals surface area contributed by atoms with Gasteiger partial charge in [0.1, 0.15) is 6.61 Å². The zero-order valence-electron chi connectivity index (χ0n) is 22.6. The van der Waals surface area contributed by atoms with Crippen LogP contribution in [-0.4, -0.2) is 149 Å². The van der Waals surface area contributed by atoms with Gasteiger partial charge in [-0.2, -0.15) is 0 Å². The summed E-state index contributed by atoms with van der Waals surface area (Å²) in [6.07, 6.45) is 1.11. The Morgan fingerprint density at radius 2 is 0.632 bits per heavy atom. The highest BCUT2D eigenvalue weighted by Crippen LogP contribution is 1.87. The molecule has 0 heterocycles. The van der Waals surface area contributed by atoms with Crippen molar-refractivity contribution in [2.45, 2.75) is 0 Å². The third-order valence-corrected chi connectivity index (χ3v) is 4.65. The maximum atomic E-state index is 10.8. The molecule has 0 aliphatic carbocycles. The van der Waals surface area contributed by atoms with Crippen LogP contribution in [0.25, 0.3) is 0 Å². The number of carbonyl (C=O) groups is 1. The molecule has 0 saturated carbocycles. The third-order valence-electron chi connectivity index (χ3n) is 4.21. The largest absolute Gasteiger partial charge is 0.460 e. The monoisotopic (exact) mass is 666 g/mol. The van der Waals surface area contributed by atoms with Crippen LogP contribution < -0.4 is 0 Å². The maximum Gasteiger partial charge on any atom is 0.330 e. The van der Waals surface area contributed by atoms with Crippen LogP contribution in [0.5, 0.6) is 0 Å². The molecule has 0 rings (SSSR count). The van der Waals surface area contributed by atoms with E-state index in [9.17, 15) is 4.79 Å². The van der Waals surface area contributed by atoms with Crippen LogP contribution >= 0.6 is 22.6 Å². The van der Waals surface area contributed by atoms with Crippen molar-refractivity contribution in [3.8, 4) is 0 Å². The van der Waals surface area contributed by atoms with Gasteiger partial charge in [-0.05, 0) is 0 Å². The highest BCUT2D eigenvalue weighted by Gasteiger charge is 1.97. The molecule has 0 aromatic rings. The Kier molecular flexibility index (Phi) is 34.1. The Bertz CT molecular complexity index is 487. The fourth-order valence-electron chi connectivity index (χ4n) is 2.40. The average Bonchev–Trinajstić information content (AvgIpc) is 2.93. The van der Waals surface area contributed by atoms with E-state index in [0.29, 0.717) is 126 Å². The summed E-state index contributed by atoms with van der Waals surface area (Å²) in [5, 5.41) is 0. The van der Waals surface area contributed by atoms with Crippen molar-refractivity contribution in [1.29, 1.82) is 0 Å². The van der Waals surface area contributed by atoms with Crippen molar-refractivity contribution < 1.29 is 56.9 Å². The first kappa shape index (κ1) is 37.5. The topological polar surface area (TPSA) is 119 Å². The molecule has 226 valence electrons. The first-order valence-electron chi connectivity index (χ1n) is 12.9. The zero-order valence-corrected chi connectivity index (χ0v) is 24.8. The number of halogens is 1. The Morgan fingerprint density at radius 1 is 0.421 bits per heavy atom. The van der Waals surface area contributed by atoms with E-state index in [1.807, 2.05) is 0 Å². The summed E-state index contributed by atoms with van der Waals surface area (Å²) in [6.45, 7) is 13.9. The smallest absolute Gasteiger partial charge is 0.330 e. The molecule has 0 N–H and O–H groups in total. The summed E-state index contributed by atoms with van der Waals surface area (Å²) >= 11 is 2.27. The predicted molar refractivity (Wildman–Crippen MR) is 148 cm³/mol. The summed E-state index contributed by atoms with van der Waals surface area (Å²) in [6, 6.07) is 0. The van der Waals surface area contributed by atoms with Crippen LogP contribution in [0, 0.1) is 0 Å². The highest BCUT2D eigenvalue weighted by atomic mass is 127. The molecule has 0 radical (unpaired) electrons. The number of esters is 1. The molecule has 0 amide bonds. The molecule has 0 aromatic carbocycles. The van der Waals surface area contributed by atoms with Gasteiger partial charge in [0.25, 0.3) is 0 Å². The van der Waals surface area contributed by atoms with Gasteiger partial charge in [-0.25, -0.2) is 4.79 Å². The molecule has 0 aliphatic heterocycles. The van der Waals surface area contributed by atoms with E-state index in [-0.39, 0.29) is 6.61 Å². The summed E-state index contributed by atoms with van der Waals surface area (Å²) in [5.41, 5.74) is 0. The number of carbonyl (C=O) groups excluding carboxylic acids is 1. The fourth-order valence-corrected chi connectivity index (χ4v) is 2.71. The van der Waals surface area contributed by atoms with E-state index >= 15 is 0 Å². The van der Waals surface area contributed by atoms with E-state index in [1.54, 1.807) is 0 Å². The SMILES string of the molecule is C=CC(=O)OCCOCCOCCOCCOCCOCCOCCOCCOCCOCCOCCI. The predicted octanol–water partition coefficient (Wildman–Crippen LogP) is 1.32. The Morgan fingerprint density at radius 3 is 0.842 bits per heavy atom. The van der Waals surface area contributed by atoms with Gasteiger partial charge < -0.3 is 52.1 Å². The Hall–Kier alpha value is -0.460. The van der Waals surface area contributed by atoms with Gasteiger partial charge in [0.2, 0.25) is 0 Å². The fraction of sp³-hybridized carbons (Fsp3) is 0.880. The minimum Gasteiger partial charge on any atom is -0.460 e. The number of alkyl halides is 1. The summed E-state index contributed by atoms with van der Waals surface area (Å²) < 4.78 is 59.7. The van der Waals surface area contributed by atoms with Crippen molar-refractivity contribution in [2.75, 3.05) is 143 Å². The number of hydrogen-bond acceptors (Lipinski definition) is 12. The zero-order chi connectivity index (χ0) is 27.6. The quantitative estimate of drug-likeness (QED) is 0.0331. The van der Waals surface area contributed by atoms with Crippen molar-refractivity contribution in [1.82, 2.24) is 0 Å². The second-order valence-corrected chi connectivity index (χ2v) is 8.26. The summed E-state index contributed by atoms with van der Waals surface area (Å²) in [5.74, 6) is -0.457. The lowest BCUT2D eigenvalue weighted by Gasteiger charge is -2.09. The second kappa shape index (κ2) is 34.6. The van der Waals surface area contributed by atoms with Crippen LogP contribution in [0.4, 0.5) is 0 Å². The van der Waals surface area contributed by atoms with Crippen molar-refractivity contribution in [2.24, 2.45) is 0 Å². The van der Waals surface area contributed by atoms with Crippen molar-refractivity contribution in [3.63, 3.8) is 0 Å². The van der Waals surface area contributed by atoms with Crippen LogP contribution in [0.1, 0.15) is 0 Å². The minimum atomic E-state index is -0.457. The van der Waals surface area contributed by atoms with Crippen LogP contribution in [0.3, 0.4) is 0 Å². The minimum absolute atomic E-state index is 0.202. The van der Waals surface area contributed by atoms with Crippen molar-refractivity contribution in [3.05, 3.63) is 12.7 Å². The van der Waals surface area contributed by atoms with Gasteiger partial charge >= 0.3 is 5.97 Å². The molecular formula is C25H47IO12. The van der Waals surface area contributed by atoms with E-state index in [4.69, 9.17) is 52.1 Å². The lowest BCUT2D eigenvalue weighted by molar-refractivity contribution is -0.139. The van der Waals surface area contributed by atoms with Crippen LogP contribution in [0.15, 0.2) is 12.7 Å². The third kappa shape index (κ3) is 33.6. The van der Waals surface area contributed by atoms with Crippen molar-refractivity contribution >= 4 is 28.6 Å². The standard InChI is InChI=1S/C25H47IO12/c1-2-25(27)38-24-23-37-22-21-36-20-19-35-18-17-34-16-15-33-14-13-32-12-11-31-10-9-30-8-7-29-6-5-28-4-3-26/h2H,1,3-24H2. The molecule has 12 nitrogen and oxygen atoms in total. The van der Waals surface area contributed by atoms with Gasteiger partial charge in [0, 0.05) is 10.5 Å². The van der Waals surface area contributed by atoms with E-state index < -0.39 is 5.97 Å². The van der Waals surface area contributed by atoms with Gasteiger partial charge in [0.05, 0.1) is 132 Å².